The van der Waals surface area contributed by atoms with E-state index in [2.05, 4.69) is 5.32 Å². The Morgan fingerprint density at radius 2 is 1.94 bits per heavy atom. The second kappa shape index (κ2) is 8.14. The van der Waals surface area contributed by atoms with E-state index in [9.17, 15) is 19.2 Å². The van der Waals surface area contributed by atoms with Crippen LogP contribution in [0.15, 0.2) is 44.0 Å². The fourth-order valence-corrected chi connectivity index (χ4v) is 5.52. The molecule has 3 N–H and O–H groups in total. The fraction of sp³-hybridized carbons (Fsp3) is 0.429. The largest absolute Gasteiger partial charge is 0.519 e. The molecule has 32 heavy (non-hydrogen) atoms. The number of hydrogen-bond donors (Lipinski definition) is 2. The van der Waals surface area contributed by atoms with Gasteiger partial charge >= 0.3 is 11.8 Å². The molecule has 2 fully saturated rings. The summed E-state index contributed by atoms with van der Waals surface area (Å²) in [5, 5.41) is 2.29. The summed E-state index contributed by atoms with van der Waals surface area (Å²) in [4.78, 5) is 50.8. The number of hydrogen-bond acceptors (Lipinski definition) is 9. The van der Waals surface area contributed by atoms with Crippen LogP contribution < -0.4 is 16.9 Å². The van der Waals surface area contributed by atoms with Crippen LogP contribution in [0.25, 0.3) is 0 Å². The van der Waals surface area contributed by atoms with Crippen LogP contribution in [0.5, 0.6) is 0 Å². The molecule has 0 saturated carbocycles. The van der Waals surface area contributed by atoms with Gasteiger partial charge in [-0.2, -0.15) is 0 Å². The summed E-state index contributed by atoms with van der Waals surface area (Å²) in [6.45, 7) is 4.89. The Morgan fingerprint density at radius 3 is 2.56 bits per heavy atom. The van der Waals surface area contributed by atoms with Gasteiger partial charge in [0.15, 0.2) is 18.1 Å². The van der Waals surface area contributed by atoms with Crippen molar-refractivity contribution in [3.63, 3.8) is 0 Å². The minimum absolute atomic E-state index is 0.110. The molecule has 3 heterocycles. The molecule has 1 aromatic heterocycles. The highest BCUT2D eigenvalue weighted by Gasteiger charge is 2.64. The smallest absolute Gasteiger partial charge is 0.456 e. The number of nitrogens with one attached hydrogen (secondary N) is 1. The Hall–Kier alpha value is -3.05. The van der Waals surface area contributed by atoms with E-state index in [1.165, 1.54) is 23.6 Å². The van der Waals surface area contributed by atoms with Crippen molar-refractivity contribution >= 4 is 29.5 Å². The summed E-state index contributed by atoms with van der Waals surface area (Å²) < 4.78 is 14.2. The lowest BCUT2D eigenvalue weighted by Crippen LogP contribution is -2.71. The Kier molecular flexibility index (Phi) is 5.63. The van der Waals surface area contributed by atoms with Gasteiger partial charge in [0.1, 0.15) is 23.5 Å². The van der Waals surface area contributed by atoms with Crippen LogP contribution in [0.4, 0.5) is 0 Å². The monoisotopic (exact) mass is 461 g/mol. The summed E-state index contributed by atoms with van der Waals surface area (Å²) >= 11 is 1.40. The first-order chi connectivity index (χ1) is 15.1. The van der Waals surface area contributed by atoms with E-state index in [1.807, 2.05) is 19.9 Å². The number of fused-ring (bicyclic) bond motifs is 1. The zero-order valence-corrected chi connectivity index (χ0v) is 18.5. The maximum atomic E-state index is 12.8. The third-order valence-electron chi connectivity index (χ3n) is 5.58. The third-order valence-corrected chi connectivity index (χ3v) is 7.16. The van der Waals surface area contributed by atoms with Gasteiger partial charge < -0.3 is 29.5 Å². The number of benzene rings is 1. The molecular weight excluding hydrogens is 438 g/mol. The number of nitrogens with zero attached hydrogens (tertiary/aromatic N) is 1. The predicted octanol–water partition coefficient (Wildman–Crippen LogP) is 0.832. The summed E-state index contributed by atoms with van der Waals surface area (Å²) in [5.74, 6) is -2.03. The normalized spacial score (nSPS) is 24.4. The van der Waals surface area contributed by atoms with Gasteiger partial charge in [-0.1, -0.05) is 30.3 Å². The minimum Gasteiger partial charge on any atom is -0.456 e. The number of aryl methyl sites for hydroxylation is 1. The molecule has 10 nitrogen and oxygen atoms in total. The Labute approximate surface area is 187 Å². The van der Waals surface area contributed by atoms with Gasteiger partial charge in [0.05, 0.1) is 0 Å². The molecule has 2 amide bonds. The maximum Gasteiger partial charge on any atom is 0.519 e. The van der Waals surface area contributed by atoms with Crippen molar-refractivity contribution < 1.29 is 28.0 Å². The van der Waals surface area contributed by atoms with Crippen molar-refractivity contribution in [2.24, 2.45) is 5.73 Å². The molecule has 2 aliphatic rings. The number of carbonyl (C=O) groups excluding carboxylic acids is 3. The topological polar surface area (TPSA) is 145 Å². The van der Waals surface area contributed by atoms with Crippen LogP contribution in [-0.2, 0) is 25.7 Å². The molecule has 0 radical (unpaired) electrons. The molecule has 2 aromatic rings. The fourth-order valence-electron chi connectivity index (χ4n) is 3.90. The third kappa shape index (κ3) is 3.82. The number of nitrogens with two attached hydrogens (primary N) is 1. The van der Waals surface area contributed by atoms with Crippen LogP contribution in [0.1, 0.15) is 37.0 Å². The molecular formula is C21H23N3O7S. The highest BCUT2D eigenvalue weighted by molar-refractivity contribution is 8.01. The van der Waals surface area contributed by atoms with Crippen molar-refractivity contribution in [2.45, 2.75) is 55.6 Å². The lowest BCUT2D eigenvalue weighted by Gasteiger charge is -2.44. The number of carbonyl (C=O) groups is 3. The van der Waals surface area contributed by atoms with Gasteiger partial charge in [-0.15, -0.1) is 11.8 Å². The van der Waals surface area contributed by atoms with Gasteiger partial charge in [-0.05, 0) is 26.3 Å². The number of ether oxygens (including phenoxy) is 1. The average molecular weight is 461 g/mol. The van der Waals surface area contributed by atoms with Crippen molar-refractivity contribution in [2.75, 3.05) is 0 Å². The maximum absolute atomic E-state index is 12.8. The SMILES string of the molecule is Cc1oc(=O)oc1COC(=O)[C@H]1N2C(=O)[C@@H](NC(=O)[C@H](N)c3ccccc3)[C@@H]2SC1(C)C. The summed E-state index contributed by atoms with van der Waals surface area (Å²) in [7, 11) is 0. The van der Waals surface area contributed by atoms with Crippen LogP contribution in [-0.4, -0.2) is 44.9 Å². The van der Waals surface area contributed by atoms with E-state index in [-0.39, 0.29) is 24.0 Å². The van der Waals surface area contributed by atoms with Gasteiger partial charge in [0.25, 0.3) is 0 Å². The van der Waals surface area contributed by atoms with E-state index < -0.39 is 45.9 Å². The van der Waals surface area contributed by atoms with Gasteiger partial charge in [-0.25, -0.2) is 9.59 Å². The molecule has 170 valence electrons. The quantitative estimate of drug-likeness (QED) is 0.472. The number of esters is 1. The van der Waals surface area contributed by atoms with Gasteiger partial charge in [0.2, 0.25) is 11.8 Å². The van der Waals surface area contributed by atoms with Crippen molar-refractivity contribution in [1.82, 2.24) is 10.2 Å². The summed E-state index contributed by atoms with van der Waals surface area (Å²) in [6, 6.07) is 6.30. The van der Waals surface area contributed by atoms with Gasteiger partial charge in [0, 0.05) is 4.75 Å². The molecule has 2 aliphatic heterocycles. The van der Waals surface area contributed by atoms with E-state index in [1.54, 1.807) is 24.3 Å². The van der Waals surface area contributed by atoms with Crippen LogP contribution >= 0.6 is 11.8 Å². The second-order valence-electron chi connectivity index (χ2n) is 8.18. The Morgan fingerprint density at radius 1 is 1.25 bits per heavy atom. The number of amides is 2. The number of thioether (sulfide) groups is 1. The molecule has 0 aliphatic carbocycles. The standard InChI is InChI=1S/C21H23N3O7S/c1-10-12(31-20(28)30-10)9-29-19(27)15-21(2,3)32-18-14(17(26)24(15)18)23-16(25)13(22)11-7-5-4-6-8-11/h4-8,13-15,18H,9,22H2,1-3H3,(H,23,25)/t13-,14-,15-,18+/m1/s1. The molecule has 0 unspecified atom stereocenters. The minimum atomic E-state index is -0.911. The van der Waals surface area contributed by atoms with E-state index in [4.69, 9.17) is 19.3 Å². The number of rotatable bonds is 6. The van der Waals surface area contributed by atoms with E-state index >= 15 is 0 Å². The first-order valence-corrected chi connectivity index (χ1v) is 10.8. The predicted molar refractivity (Wildman–Crippen MR) is 113 cm³/mol. The molecule has 4 rings (SSSR count). The Bertz CT molecular complexity index is 1110. The van der Waals surface area contributed by atoms with Gasteiger partial charge in [-0.3, -0.25) is 9.59 Å². The first-order valence-electron chi connectivity index (χ1n) is 9.97. The van der Waals surface area contributed by atoms with Crippen molar-refractivity contribution in [1.29, 1.82) is 0 Å². The Balaban J connectivity index is 1.42. The molecule has 11 heteroatoms. The zero-order valence-electron chi connectivity index (χ0n) is 17.7. The molecule has 1 aromatic carbocycles. The van der Waals surface area contributed by atoms with E-state index in [0.717, 1.165) is 0 Å². The summed E-state index contributed by atoms with van der Waals surface area (Å²) in [6.07, 6.45) is 0. The lowest BCUT2D eigenvalue weighted by molar-refractivity contribution is -0.165. The highest BCUT2D eigenvalue weighted by Crippen LogP contribution is 2.51. The zero-order chi connectivity index (χ0) is 23.2. The molecule has 2 saturated heterocycles. The van der Waals surface area contributed by atoms with Crippen molar-refractivity contribution in [3.8, 4) is 0 Å². The highest BCUT2D eigenvalue weighted by atomic mass is 32.2. The van der Waals surface area contributed by atoms with Crippen LogP contribution in [0, 0.1) is 6.92 Å². The van der Waals surface area contributed by atoms with Crippen LogP contribution in [0.3, 0.4) is 0 Å². The number of β-lactam (4-membered cyclic amide) rings is 1. The second-order valence-corrected chi connectivity index (χ2v) is 9.95. The molecule has 0 bridgehead atoms. The van der Waals surface area contributed by atoms with E-state index in [0.29, 0.717) is 5.56 Å². The molecule has 0 spiro atoms. The first kappa shape index (κ1) is 22.2. The summed E-state index contributed by atoms with van der Waals surface area (Å²) in [5.41, 5.74) is 6.66. The van der Waals surface area contributed by atoms with Crippen molar-refractivity contribution in [3.05, 3.63) is 58.0 Å². The molecule has 4 atom stereocenters. The average Bonchev–Trinajstić information content (AvgIpc) is 3.22. The van der Waals surface area contributed by atoms with Crippen LogP contribution in [0.2, 0.25) is 0 Å². The lowest BCUT2D eigenvalue weighted by atomic mass is 9.95.